The molecule has 0 spiro atoms. The molecular formula is C14H24N2S2. The third-order valence-electron chi connectivity index (χ3n) is 3.12. The highest BCUT2D eigenvalue weighted by molar-refractivity contribution is 7.98. The minimum Gasteiger partial charge on any atom is -0.309 e. The van der Waals surface area contributed by atoms with Gasteiger partial charge in [-0.05, 0) is 37.5 Å². The van der Waals surface area contributed by atoms with E-state index in [9.17, 15) is 0 Å². The average Bonchev–Trinajstić information content (AvgIpc) is 2.73. The van der Waals surface area contributed by atoms with Crippen molar-refractivity contribution < 1.29 is 0 Å². The van der Waals surface area contributed by atoms with E-state index in [1.807, 2.05) is 23.1 Å². The lowest BCUT2D eigenvalue weighted by Gasteiger charge is -2.21. The van der Waals surface area contributed by atoms with E-state index in [-0.39, 0.29) is 0 Å². The first-order valence-electron chi connectivity index (χ1n) is 7.00. The maximum absolute atomic E-state index is 4.84. The van der Waals surface area contributed by atoms with Crippen LogP contribution >= 0.6 is 23.1 Å². The number of nitrogens with zero attached hydrogens (tertiary/aromatic N) is 1. The molecule has 1 heterocycles. The number of thiazole rings is 1. The maximum atomic E-state index is 4.84. The monoisotopic (exact) mass is 284 g/mol. The summed E-state index contributed by atoms with van der Waals surface area (Å²) in [4.78, 5) is 6.35. The highest BCUT2D eigenvalue weighted by Crippen LogP contribution is 2.35. The highest BCUT2D eigenvalue weighted by Gasteiger charge is 2.23. The van der Waals surface area contributed by atoms with Crippen LogP contribution in [0.15, 0.2) is 0 Å². The Morgan fingerprint density at radius 3 is 3.06 bits per heavy atom. The Hall–Kier alpha value is -0.0600. The third kappa shape index (κ3) is 3.72. The minimum atomic E-state index is 0.570. The van der Waals surface area contributed by atoms with E-state index < -0.39 is 0 Å². The Bertz CT molecular complexity index is 374. The first kappa shape index (κ1) is 14.4. The lowest BCUT2D eigenvalue weighted by Crippen LogP contribution is -2.23. The van der Waals surface area contributed by atoms with E-state index in [1.54, 1.807) is 0 Å². The summed E-state index contributed by atoms with van der Waals surface area (Å²) < 4.78 is 0. The van der Waals surface area contributed by atoms with Gasteiger partial charge in [0.1, 0.15) is 5.01 Å². The van der Waals surface area contributed by atoms with Crippen molar-refractivity contribution >= 4 is 23.1 Å². The molecule has 1 aliphatic carbocycles. The van der Waals surface area contributed by atoms with Crippen molar-refractivity contribution in [3.8, 4) is 0 Å². The first-order chi connectivity index (χ1) is 8.70. The molecule has 1 aromatic rings. The zero-order valence-electron chi connectivity index (χ0n) is 11.7. The Balaban J connectivity index is 1.98. The van der Waals surface area contributed by atoms with Crippen LogP contribution < -0.4 is 5.32 Å². The smallest absolute Gasteiger partial charge is 0.103 e. The fourth-order valence-corrected chi connectivity index (χ4v) is 4.69. The number of rotatable bonds is 6. The van der Waals surface area contributed by atoms with E-state index in [2.05, 4.69) is 26.1 Å². The molecule has 1 aliphatic rings. The van der Waals surface area contributed by atoms with Crippen LogP contribution in [0.1, 0.15) is 55.2 Å². The van der Waals surface area contributed by atoms with Crippen molar-refractivity contribution in [2.24, 2.45) is 5.92 Å². The van der Waals surface area contributed by atoms with Gasteiger partial charge in [-0.2, -0.15) is 11.8 Å². The summed E-state index contributed by atoms with van der Waals surface area (Å²) in [7, 11) is 0. The predicted molar refractivity (Wildman–Crippen MR) is 82.5 cm³/mol. The number of nitrogens with one attached hydrogen (secondary N) is 1. The molecule has 0 aromatic carbocycles. The summed E-state index contributed by atoms with van der Waals surface area (Å²) in [6, 6.07) is 0.570. The molecule has 1 N–H and O–H groups in total. The number of hydrogen-bond acceptors (Lipinski definition) is 4. The van der Waals surface area contributed by atoms with Gasteiger partial charge in [0.25, 0.3) is 0 Å². The largest absolute Gasteiger partial charge is 0.309 e. The van der Waals surface area contributed by atoms with Crippen LogP contribution in [-0.4, -0.2) is 17.3 Å². The van der Waals surface area contributed by atoms with Crippen LogP contribution in [0.3, 0.4) is 0 Å². The number of aromatic nitrogens is 1. The van der Waals surface area contributed by atoms with Gasteiger partial charge in [0.2, 0.25) is 0 Å². The minimum absolute atomic E-state index is 0.570. The first-order valence-corrected chi connectivity index (χ1v) is 8.97. The Morgan fingerprint density at radius 2 is 2.33 bits per heavy atom. The lowest BCUT2D eigenvalue weighted by molar-refractivity contribution is 0.476. The van der Waals surface area contributed by atoms with Gasteiger partial charge in [-0.3, -0.25) is 0 Å². The van der Waals surface area contributed by atoms with Gasteiger partial charge in [-0.15, -0.1) is 11.3 Å². The second kappa shape index (κ2) is 6.92. The summed E-state index contributed by atoms with van der Waals surface area (Å²) in [5.41, 5.74) is 1.37. The van der Waals surface area contributed by atoms with Crippen LogP contribution in [-0.2, 0) is 12.2 Å². The van der Waals surface area contributed by atoms with Gasteiger partial charge in [0.05, 0.1) is 5.69 Å². The maximum Gasteiger partial charge on any atom is 0.103 e. The second-order valence-corrected chi connectivity index (χ2v) is 7.48. The van der Waals surface area contributed by atoms with Gasteiger partial charge in [-0.1, -0.05) is 20.8 Å². The molecule has 2 nitrogen and oxygen atoms in total. The van der Waals surface area contributed by atoms with Crippen molar-refractivity contribution in [1.29, 1.82) is 0 Å². The number of aryl methyl sites for hydroxylation is 1. The molecule has 4 heteroatoms. The Labute approximate surface area is 119 Å². The fraction of sp³-hybridized carbons (Fsp3) is 0.786. The molecule has 0 radical (unpaired) electrons. The van der Waals surface area contributed by atoms with Gasteiger partial charge >= 0.3 is 0 Å². The van der Waals surface area contributed by atoms with Crippen LogP contribution in [0.25, 0.3) is 0 Å². The quantitative estimate of drug-likeness (QED) is 0.854. The van der Waals surface area contributed by atoms with Gasteiger partial charge < -0.3 is 5.32 Å². The molecule has 0 amide bonds. The van der Waals surface area contributed by atoms with Gasteiger partial charge in [0.15, 0.2) is 0 Å². The topological polar surface area (TPSA) is 24.9 Å². The zero-order valence-corrected chi connectivity index (χ0v) is 13.3. The van der Waals surface area contributed by atoms with Crippen LogP contribution in [0.5, 0.6) is 0 Å². The lowest BCUT2D eigenvalue weighted by atomic mass is 9.98. The second-order valence-electron chi connectivity index (χ2n) is 5.33. The average molecular weight is 284 g/mol. The Kier molecular flexibility index (Phi) is 5.52. The van der Waals surface area contributed by atoms with E-state index in [1.165, 1.54) is 40.6 Å². The normalized spacial score (nSPS) is 19.2. The SMILES string of the molecule is CCNC1CCCc2nc(CSCC(C)C)sc21. The van der Waals surface area contributed by atoms with E-state index >= 15 is 0 Å². The summed E-state index contributed by atoms with van der Waals surface area (Å²) in [6.07, 6.45) is 3.75. The molecule has 1 aromatic heterocycles. The van der Waals surface area contributed by atoms with E-state index in [4.69, 9.17) is 4.98 Å². The Morgan fingerprint density at radius 1 is 1.50 bits per heavy atom. The van der Waals surface area contributed by atoms with Crippen LogP contribution in [0.2, 0.25) is 0 Å². The number of hydrogen-bond donors (Lipinski definition) is 1. The molecule has 18 heavy (non-hydrogen) atoms. The zero-order chi connectivity index (χ0) is 13.0. The molecule has 0 fully saturated rings. The molecule has 0 bridgehead atoms. The predicted octanol–water partition coefficient (Wildman–Crippen LogP) is 4.02. The third-order valence-corrected chi connectivity index (χ3v) is 5.90. The molecule has 2 rings (SSSR count). The molecular weight excluding hydrogens is 260 g/mol. The van der Waals surface area contributed by atoms with Crippen molar-refractivity contribution in [2.75, 3.05) is 12.3 Å². The van der Waals surface area contributed by atoms with Gasteiger partial charge in [0, 0.05) is 16.7 Å². The fourth-order valence-electron chi connectivity index (χ4n) is 2.36. The highest BCUT2D eigenvalue weighted by atomic mass is 32.2. The number of thioether (sulfide) groups is 1. The molecule has 0 saturated carbocycles. The standard InChI is InChI=1S/C14H24N2S2/c1-4-15-11-6-5-7-12-14(11)18-13(16-12)9-17-8-10(2)3/h10-11,15H,4-9H2,1-3H3. The summed E-state index contributed by atoms with van der Waals surface area (Å²) in [5, 5.41) is 4.92. The van der Waals surface area contributed by atoms with Crippen molar-refractivity contribution in [3.63, 3.8) is 0 Å². The van der Waals surface area contributed by atoms with Crippen molar-refractivity contribution in [3.05, 3.63) is 15.6 Å². The van der Waals surface area contributed by atoms with Crippen LogP contribution in [0, 0.1) is 5.92 Å². The van der Waals surface area contributed by atoms with Crippen LogP contribution in [0.4, 0.5) is 0 Å². The molecule has 1 unspecified atom stereocenters. The summed E-state index contributed by atoms with van der Waals surface area (Å²) >= 11 is 3.96. The molecule has 1 atom stereocenters. The molecule has 0 saturated heterocycles. The summed E-state index contributed by atoms with van der Waals surface area (Å²) in [5.74, 6) is 3.11. The van der Waals surface area contributed by atoms with Crippen molar-refractivity contribution in [1.82, 2.24) is 10.3 Å². The molecule has 102 valence electrons. The van der Waals surface area contributed by atoms with Gasteiger partial charge in [-0.25, -0.2) is 4.98 Å². The number of fused-ring (bicyclic) bond motifs is 1. The van der Waals surface area contributed by atoms with E-state index in [0.717, 1.165) is 18.2 Å². The molecule has 0 aliphatic heterocycles. The van der Waals surface area contributed by atoms with E-state index in [0.29, 0.717) is 6.04 Å². The summed E-state index contributed by atoms with van der Waals surface area (Å²) in [6.45, 7) is 7.80. The van der Waals surface area contributed by atoms with Crippen molar-refractivity contribution in [2.45, 2.75) is 51.8 Å².